The van der Waals surface area contributed by atoms with Crippen LogP contribution in [-0.4, -0.2) is 4.98 Å². The third kappa shape index (κ3) is 2.55. The molecule has 110 valence electrons. The van der Waals surface area contributed by atoms with Crippen LogP contribution in [0.3, 0.4) is 0 Å². The van der Waals surface area contributed by atoms with Gasteiger partial charge >= 0.3 is 0 Å². The fourth-order valence-electron chi connectivity index (χ4n) is 2.88. The van der Waals surface area contributed by atoms with E-state index in [-0.39, 0.29) is 0 Å². The topological polar surface area (TPSA) is 38.9 Å². The van der Waals surface area contributed by atoms with Gasteiger partial charge in [-0.3, -0.25) is 0 Å². The molecule has 23 heavy (non-hydrogen) atoms. The number of hydrogen-bond acceptors (Lipinski definition) is 2. The number of aromatic nitrogens is 1. The summed E-state index contributed by atoms with van der Waals surface area (Å²) in [6.07, 6.45) is 0. The zero-order valence-corrected chi connectivity index (χ0v) is 12.6. The molecule has 0 atom stereocenters. The monoisotopic (exact) mass is 296 g/mol. The van der Waals surface area contributed by atoms with E-state index in [2.05, 4.69) is 48.5 Å². The molecule has 1 heterocycles. The number of rotatable bonds is 2. The van der Waals surface area contributed by atoms with Crippen LogP contribution in [0.1, 0.15) is 0 Å². The number of benzene rings is 3. The van der Waals surface area contributed by atoms with E-state index in [0.717, 1.165) is 27.8 Å². The summed E-state index contributed by atoms with van der Waals surface area (Å²) in [5.74, 6) is 0. The van der Waals surface area contributed by atoms with E-state index in [0.29, 0.717) is 0 Å². The molecule has 0 saturated heterocycles. The van der Waals surface area contributed by atoms with Crippen molar-refractivity contribution in [1.29, 1.82) is 0 Å². The lowest BCUT2D eigenvalue weighted by molar-refractivity contribution is 1.40. The summed E-state index contributed by atoms with van der Waals surface area (Å²) in [6, 6.07) is 28.7. The minimum atomic E-state index is 0.749. The fourth-order valence-corrected chi connectivity index (χ4v) is 2.88. The van der Waals surface area contributed by atoms with Crippen molar-refractivity contribution in [2.75, 3.05) is 5.73 Å². The Kier molecular flexibility index (Phi) is 3.28. The Balaban J connectivity index is 2.01. The van der Waals surface area contributed by atoms with E-state index in [1.54, 1.807) is 0 Å². The fraction of sp³-hybridized carbons (Fsp3) is 0. The van der Waals surface area contributed by atoms with E-state index in [4.69, 9.17) is 10.7 Å². The molecule has 4 aromatic rings. The van der Waals surface area contributed by atoms with Crippen LogP contribution in [0.4, 0.5) is 5.69 Å². The second-order valence-corrected chi connectivity index (χ2v) is 5.56. The highest BCUT2D eigenvalue weighted by Crippen LogP contribution is 2.32. The first-order valence-electron chi connectivity index (χ1n) is 7.62. The summed E-state index contributed by atoms with van der Waals surface area (Å²) in [6.45, 7) is 0. The normalized spacial score (nSPS) is 10.8. The van der Waals surface area contributed by atoms with Crippen molar-refractivity contribution >= 4 is 16.6 Å². The quantitative estimate of drug-likeness (QED) is 0.519. The molecule has 0 radical (unpaired) electrons. The average Bonchev–Trinajstić information content (AvgIpc) is 2.61. The zero-order chi connectivity index (χ0) is 15.6. The number of hydrogen-bond donors (Lipinski definition) is 1. The third-order valence-corrected chi connectivity index (χ3v) is 3.98. The van der Waals surface area contributed by atoms with Crippen LogP contribution in [0.15, 0.2) is 84.9 Å². The molecule has 0 saturated carbocycles. The molecule has 0 aliphatic carbocycles. The molecule has 2 nitrogen and oxygen atoms in total. The van der Waals surface area contributed by atoms with Gasteiger partial charge in [-0.1, -0.05) is 60.7 Å². The molecular formula is C21H16N2. The van der Waals surface area contributed by atoms with Crippen LogP contribution in [0, 0.1) is 0 Å². The second kappa shape index (κ2) is 5.58. The van der Waals surface area contributed by atoms with E-state index >= 15 is 0 Å². The smallest absolute Gasteiger partial charge is 0.0716 e. The third-order valence-electron chi connectivity index (χ3n) is 3.98. The molecule has 1 aromatic heterocycles. The molecule has 0 bridgehead atoms. The van der Waals surface area contributed by atoms with Crippen LogP contribution in [0.2, 0.25) is 0 Å². The van der Waals surface area contributed by atoms with Gasteiger partial charge in [0.25, 0.3) is 0 Å². The number of nitrogen functional groups attached to an aromatic ring is 1. The summed E-state index contributed by atoms with van der Waals surface area (Å²) >= 11 is 0. The molecule has 0 unspecified atom stereocenters. The number of nitrogens with zero attached hydrogens (tertiary/aromatic N) is 1. The van der Waals surface area contributed by atoms with Gasteiger partial charge in [0, 0.05) is 16.6 Å². The minimum absolute atomic E-state index is 0.749. The lowest BCUT2D eigenvalue weighted by atomic mass is 9.98. The molecule has 2 N–H and O–H groups in total. The SMILES string of the molecule is Nc1cccc(-c2cc(-c3ccccc3)c3ccccc3n2)c1. The Morgan fingerprint density at radius 2 is 1.39 bits per heavy atom. The number of anilines is 1. The number of nitrogens with two attached hydrogens (primary N) is 1. The van der Waals surface area contributed by atoms with Gasteiger partial charge in [0.2, 0.25) is 0 Å². The van der Waals surface area contributed by atoms with Gasteiger partial charge in [-0.15, -0.1) is 0 Å². The molecule has 3 aromatic carbocycles. The lowest BCUT2D eigenvalue weighted by Crippen LogP contribution is -1.91. The van der Waals surface area contributed by atoms with Gasteiger partial charge in [0.05, 0.1) is 11.2 Å². The Morgan fingerprint density at radius 1 is 0.652 bits per heavy atom. The van der Waals surface area contributed by atoms with Crippen molar-refractivity contribution in [3.63, 3.8) is 0 Å². The van der Waals surface area contributed by atoms with Gasteiger partial charge in [0.1, 0.15) is 0 Å². The van der Waals surface area contributed by atoms with Gasteiger partial charge in [-0.05, 0) is 35.4 Å². The maximum absolute atomic E-state index is 5.93. The van der Waals surface area contributed by atoms with Gasteiger partial charge in [-0.25, -0.2) is 4.98 Å². The highest BCUT2D eigenvalue weighted by Gasteiger charge is 2.09. The van der Waals surface area contributed by atoms with E-state index < -0.39 is 0 Å². The molecule has 0 fully saturated rings. The molecule has 0 aliphatic rings. The van der Waals surface area contributed by atoms with Crippen LogP contribution < -0.4 is 5.73 Å². The van der Waals surface area contributed by atoms with Gasteiger partial charge < -0.3 is 5.73 Å². The van der Waals surface area contributed by atoms with Crippen LogP contribution >= 0.6 is 0 Å². The highest BCUT2D eigenvalue weighted by atomic mass is 14.7. The predicted octanol–water partition coefficient (Wildman–Crippen LogP) is 5.15. The molecule has 0 aliphatic heterocycles. The van der Waals surface area contributed by atoms with Crippen molar-refractivity contribution in [2.45, 2.75) is 0 Å². The van der Waals surface area contributed by atoms with Gasteiger partial charge in [0.15, 0.2) is 0 Å². The Bertz CT molecular complexity index is 975. The molecule has 0 spiro atoms. The van der Waals surface area contributed by atoms with Crippen LogP contribution in [0.5, 0.6) is 0 Å². The summed E-state index contributed by atoms with van der Waals surface area (Å²) < 4.78 is 0. The van der Waals surface area contributed by atoms with Crippen LogP contribution in [0.25, 0.3) is 33.3 Å². The van der Waals surface area contributed by atoms with Crippen molar-refractivity contribution in [1.82, 2.24) is 4.98 Å². The first kappa shape index (κ1) is 13.5. The minimum Gasteiger partial charge on any atom is -0.399 e. The number of pyridine rings is 1. The number of para-hydroxylation sites is 1. The number of fused-ring (bicyclic) bond motifs is 1. The maximum atomic E-state index is 5.93. The maximum Gasteiger partial charge on any atom is 0.0716 e. The first-order chi connectivity index (χ1) is 11.3. The zero-order valence-electron chi connectivity index (χ0n) is 12.6. The first-order valence-corrected chi connectivity index (χ1v) is 7.62. The van der Waals surface area contributed by atoms with Crippen molar-refractivity contribution < 1.29 is 0 Å². The van der Waals surface area contributed by atoms with E-state index in [1.807, 2.05) is 36.4 Å². The van der Waals surface area contributed by atoms with Crippen molar-refractivity contribution in [3.05, 3.63) is 84.9 Å². The largest absolute Gasteiger partial charge is 0.399 e. The Hall–Kier alpha value is -3.13. The summed E-state index contributed by atoms with van der Waals surface area (Å²) in [5, 5.41) is 1.16. The second-order valence-electron chi connectivity index (χ2n) is 5.56. The summed E-state index contributed by atoms with van der Waals surface area (Å²) in [7, 11) is 0. The van der Waals surface area contributed by atoms with Gasteiger partial charge in [-0.2, -0.15) is 0 Å². The van der Waals surface area contributed by atoms with E-state index in [1.165, 1.54) is 11.1 Å². The Morgan fingerprint density at radius 3 is 2.22 bits per heavy atom. The Labute approximate surface area is 135 Å². The lowest BCUT2D eigenvalue weighted by Gasteiger charge is -2.10. The summed E-state index contributed by atoms with van der Waals surface area (Å²) in [5.41, 5.74) is 12.0. The van der Waals surface area contributed by atoms with Crippen molar-refractivity contribution in [3.8, 4) is 22.4 Å². The highest BCUT2D eigenvalue weighted by molar-refractivity contribution is 5.96. The molecule has 4 rings (SSSR count). The molecular weight excluding hydrogens is 280 g/mol. The predicted molar refractivity (Wildman–Crippen MR) is 97.0 cm³/mol. The average molecular weight is 296 g/mol. The van der Waals surface area contributed by atoms with E-state index in [9.17, 15) is 0 Å². The standard InChI is InChI=1S/C21H16N2/c22-17-10-6-9-16(13-17)21-14-19(15-7-2-1-3-8-15)18-11-4-5-12-20(18)23-21/h1-14H,22H2. The summed E-state index contributed by atoms with van der Waals surface area (Å²) in [4.78, 5) is 4.82. The van der Waals surface area contributed by atoms with Crippen LogP contribution in [-0.2, 0) is 0 Å². The molecule has 0 amide bonds. The molecule has 2 heteroatoms. The van der Waals surface area contributed by atoms with Crippen molar-refractivity contribution in [2.24, 2.45) is 0 Å².